The Morgan fingerprint density at radius 2 is 2.00 bits per heavy atom. The fourth-order valence-electron chi connectivity index (χ4n) is 1.71. The molecule has 0 spiro atoms. The first kappa shape index (κ1) is 12.6. The van der Waals surface area contributed by atoms with Crippen molar-refractivity contribution < 1.29 is 13.2 Å². The summed E-state index contributed by atoms with van der Waals surface area (Å²) in [7, 11) is 0. The highest BCUT2D eigenvalue weighted by atomic mass is 79.9. The third-order valence-electron chi connectivity index (χ3n) is 2.30. The van der Waals surface area contributed by atoms with Gasteiger partial charge in [-0.15, -0.1) is 0 Å². The summed E-state index contributed by atoms with van der Waals surface area (Å²) < 4.78 is 38.8. The molecule has 2 rings (SSSR count). The summed E-state index contributed by atoms with van der Waals surface area (Å²) in [6, 6.07) is 3.18. The number of halogens is 5. The van der Waals surface area contributed by atoms with Crippen molar-refractivity contribution in [3.63, 3.8) is 0 Å². The zero-order chi connectivity index (χ0) is 12.8. The van der Waals surface area contributed by atoms with Crippen molar-refractivity contribution in [1.29, 1.82) is 0 Å². The minimum absolute atomic E-state index is 0.232. The van der Waals surface area contributed by atoms with Crippen LogP contribution in [0.1, 0.15) is 0 Å². The largest absolute Gasteiger partial charge is 0.406 e. The zero-order valence-corrected chi connectivity index (χ0v) is 10.7. The molecule has 92 valence electrons. The Labute approximate surface area is 108 Å². The van der Waals surface area contributed by atoms with E-state index in [4.69, 9.17) is 17.3 Å². The van der Waals surface area contributed by atoms with Gasteiger partial charge >= 0.3 is 6.18 Å². The second kappa shape index (κ2) is 4.10. The minimum atomic E-state index is -4.31. The lowest BCUT2D eigenvalue weighted by atomic mass is 10.2. The molecule has 0 saturated carbocycles. The highest BCUT2D eigenvalue weighted by molar-refractivity contribution is 9.10. The second-order valence-electron chi connectivity index (χ2n) is 3.58. The van der Waals surface area contributed by atoms with Crippen LogP contribution in [0.4, 0.5) is 18.9 Å². The van der Waals surface area contributed by atoms with Gasteiger partial charge in [-0.25, -0.2) is 0 Å². The Kier molecular flexibility index (Phi) is 3.03. The van der Waals surface area contributed by atoms with Crippen molar-refractivity contribution in [3.8, 4) is 0 Å². The highest BCUT2D eigenvalue weighted by Gasteiger charge is 2.29. The topological polar surface area (TPSA) is 30.9 Å². The first-order valence-electron chi connectivity index (χ1n) is 4.58. The van der Waals surface area contributed by atoms with Crippen molar-refractivity contribution >= 4 is 44.1 Å². The van der Waals surface area contributed by atoms with Gasteiger partial charge in [-0.3, -0.25) is 0 Å². The Morgan fingerprint density at radius 1 is 1.35 bits per heavy atom. The average molecular weight is 328 g/mol. The number of benzene rings is 1. The monoisotopic (exact) mass is 326 g/mol. The van der Waals surface area contributed by atoms with Crippen molar-refractivity contribution in [2.24, 2.45) is 0 Å². The molecule has 0 unspecified atom stereocenters. The summed E-state index contributed by atoms with van der Waals surface area (Å²) in [4.78, 5) is 0. The highest BCUT2D eigenvalue weighted by Crippen LogP contribution is 2.36. The molecule has 0 aliphatic heterocycles. The van der Waals surface area contributed by atoms with Crippen LogP contribution in [0, 0.1) is 0 Å². The van der Waals surface area contributed by atoms with Crippen molar-refractivity contribution in [3.05, 3.63) is 27.8 Å². The van der Waals surface area contributed by atoms with Crippen LogP contribution in [-0.4, -0.2) is 10.7 Å². The van der Waals surface area contributed by atoms with Crippen LogP contribution in [0.2, 0.25) is 5.02 Å². The zero-order valence-electron chi connectivity index (χ0n) is 8.35. The number of nitrogen functional groups attached to an aromatic ring is 1. The molecule has 17 heavy (non-hydrogen) atoms. The van der Waals surface area contributed by atoms with E-state index in [0.29, 0.717) is 20.4 Å². The number of aromatic nitrogens is 1. The molecule has 1 aromatic heterocycles. The summed E-state index contributed by atoms with van der Waals surface area (Å²) in [5.41, 5.74) is 6.26. The summed E-state index contributed by atoms with van der Waals surface area (Å²) in [6.45, 7) is -1.10. The van der Waals surface area contributed by atoms with Crippen molar-refractivity contribution in [1.82, 2.24) is 4.57 Å². The van der Waals surface area contributed by atoms with E-state index in [2.05, 4.69) is 15.9 Å². The number of fused-ring (bicyclic) bond motifs is 1. The molecule has 2 aromatic rings. The van der Waals surface area contributed by atoms with Gasteiger partial charge in [0.05, 0.1) is 16.2 Å². The van der Waals surface area contributed by atoms with E-state index in [0.717, 1.165) is 4.57 Å². The third kappa shape index (κ3) is 2.37. The predicted octanol–water partition coefficient (Wildman–Crippen LogP) is 4.20. The molecule has 0 fully saturated rings. The Hall–Kier alpha value is -0.880. The van der Waals surface area contributed by atoms with Gasteiger partial charge in [-0.1, -0.05) is 11.6 Å². The second-order valence-corrected chi connectivity index (χ2v) is 4.84. The molecule has 0 saturated heterocycles. The van der Waals surface area contributed by atoms with Gasteiger partial charge in [0.15, 0.2) is 0 Å². The summed E-state index contributed by atoms with van der Waals surface area (Å²) in [5, 5.41) is 0.770. The Morgan fingerprint density at radius 3 is 2.59 bits per heavy atom. The molecule has 2 nitrogen and oxygen atoms in total. The van der Waals surface area contributed by atoms with E-state index in [-0.39, 0.29) is 5.69 Å². The fraction of sp³-hybridized carbons (Fsp3) is 0.200. The number of alkyl halides is 3. The van der Waals surface area contributed by atoms with E-state index in [1.807, 2.05) is 0 Å². The number of hydrogen-bond acceptors (Lipinski definition) is 1. The lowest BCUT2D eigenvalue weighted by Crippen LogP contribution is -2.16. The number of nitrogens with two attached hydrogens (primary N) is 1. The van der Waals surface area contributed by atoms with Gasteiger partial charge in [0.2, 0.25) is 0 Å². The van der Waals surface area contributed by atoms with Crippen LogP contribution in [0.15, 0.2) is 22.8 Å². The smallest absolute Gasteiger partial charge is 0.397 e. The SMILES string of the molecule is Nc1cn(CC(F)(F)F)c2c(Br)ccc(Cl)c12. The predicted molar refractivity (Wildman–Crippen MR) is 65.1 cm³/mol. The van der Waals surface area contributed by atoms with E-state index >= 15 is 0 Å². The van der Waals surface area contributed by atoms with Crippen LogP contribution in [0.25, 0.3) is 10.9 Å². The number of nitrogens with zero attached hydrogens (tertiary/aromatic N) is 1. The molecule has 0 radical (unpaired) electrons. The molecule has 7 heteroatoms. The maximum atomic E-state index is 12.4. The third-order valence-corrected chi connectivity index (χ3v) is 3.25. The molecular formula is C10H7BrClF3N2. The molecule has 0 bridgehead atoms. The molecular weight excluding hydrogens is 320 g/mol. The average Bonchev–Trinajstić information content (AvgIpc) is 2.48. The molecule has 0 aliphatic carbocycles. The molecule has 1 heterocycles. The molecule has 0 amide bonds. The van der Waals surface area contributed by atoms with E-state index in [1.165, 1.54) is 6.20 Å². The first-order valence-corrected chi connectivity index (χ1v) is 5.76. The standard InChI is InChI=1S/C10H7BrClF3N2/c11-5-1-2-6(12)8-7(16)3-17(9(5)8)4-10(13,14)15/h1-3H,4,16H2. The maximum absolute atomic E-state index is 12.4. The lowest BCUT2D eigenvalue weighted by Gasteiger charge is -2.09. The summed E-state index contributed by atoms with van der Waals surface area (Å²) in [6.07, 6.45) is -3.06. The van der Waals surface area contributed by atoms with Gasteiger partial charge in [0.1, 0.15) is 6.54 Å². The van der Waals surface area contributed by atoms with E-state index < -0.39 is 12.7 Å². The maximum Gasteiger partial charge on any atom is 0.406 e. The Bertz CT molecular complexity index is 577. The van der Waals surface area contributed by atoms with Crippen LogP contribution in [0.3, 0.4) is 0 Å². The van der Waals surface area contributed by atoms with Crippen molar-refractivity contribution in [2.45, 2.75) is 12.7 Å². The quantitative estimate of drug-likeness (QED) is 0.836. The van der Waals surface area contributed by atoms with Gasteiger partial charge in [-0.2, -0.15) is 13.2 Å². The van der Waals surface area contributed by atoms with Crippen molar-refractivity contribution in [2.75, 3.05) is 5.73 Å². The molecule has 0 atom stereocenters. The van der Waals surface area contributed by atoms with Crippen LogP contribution in [-0.2, 0) is 6.54 Å². The van der Waals surface area contributed by atoms with Gasteiger partial charge in [-0.05, 0) is 28.1 Å². The van der Waals surface area contributed by atoms with Gasteiger partial charge in [0.25, 0.3) is 0 Å². The molecule has 0 aliphatic rings. The van der Waals surface area contributed by atoms with E-state index in [9.17, 15) is 13.2 Å². The first-order chi connectivity index (χ1) is 7.79. The summed E-state index contributed by atoms with van der Waals surface area (Å²) >= 11 is 9.12. The van der Waals surface area contributed by atoms with Gasteiger partial charge < -0.3 is 10.3 Å². The minimum Gasteiger partial charge on any atom is -0.397 e. The number of anilines is 1. The summed E-state index contributed by atoms with van der Waals surface area (Å²) in [5.74, 6) is 0. The van der Waals surface area contributed by atoms with E-state index in [1.54, 1.807) is 12.1 Å². The lowest BCUT2D eigenvalue weighted by molar-refractivity contribution is -0.139. The normalized spacial score (nSPS) is 12.3. The van der Waals surface area contributed by atoms with Crippen LogP contribution < -0.4 is 5.73 Å². The number of rotatable bonds is 1. The molecule has 1 aromatic carbocycles. The van der Waals surface area contributed by atoms with Crippen LogP contribution in [0.5, 0.6) is 0 Å². The fourth-order valence-corrected chi connectivity index (χ4v) is 2.53. The number of hydrogen-bond donors (Lipinski definition) is 1. The Balaban J connectivity index is 2.70. The van der Waals surface area contributed by atoms with Gasteiger partial charge in [0, 0.05) is 16.1 Å². The molecule has 2 N–H and O–H groups in total. The van der Waals surface area contributed by atoms with Crippen LogP contribution >= 0.6 is 27.5 Å².